The molecule has 2 unspecified atom stereocenters. The third kappa shape index (κ3) is 3.22. The normalized spacial score (nSPS) is 18.6. The monoisotopic (exact) mass is 490 g/mol. The van der Waals surface area contributed by atoms with E-state index in [1.54, 1.807) is 10.4 Å². The first kappa shape index (κ1) is 21.8. The van der Waals surface area contributed by atoms with E-state index >= 15 is 0 Å². The summed E-state index contributed by atoms with van der Waals surface area (Å²) in [7, 11) is 0. The molecule has 0 bridgehead atoms. The van der Waals surface area contributed by atoms with Gasteiger partial charge in [0.15, 0.2) is 0 Å². The van der Waals surface area contributed by atoms with Crippen LogP contribution in [0.3, 0.4) is 0 Å². The summed E-state index contributed by atoms with van der Waals surface area (Å²) in [4.78, 5) is 0. The van der Waals surface area contributed by atoms with E-state index in [9.17, 15) is 0 Å². The molecule has 2 heteroatoms. The molecule has 0 spiro atoms. The van der Waals surface area contributed by atoms with Crippen molar-refractivity contribution in [1.82, 2.24) is 0 Å². The van der Waals surface area contributed by atoms with Crippen LogP contribution in [0, 0.1) is 0 Å². The molecule has 0 aliphatic heterocycles. The van der Waals surface area contributed by atoms with Crippen LogP contribution in [0.15, 0.2) is 121 Å². The summed E-state index contributed by atoms with van der Waals surface area (Å²) in [5, 5.41) is 8.66. The Labute approximate surface area is 204 Å². The minimum atomic E-state index is -3.56. The summed E-state index contributed by atoms with van der Waals surface area (Å²) in [6.07, 6.45) is 8.86. The van der Waals surface area contributed by atoms with Crippen molar-refractivity contribution in [2.24, 2.45) is 0 Å². The molecule has 2 atom stereocenters. The van der Waals surface area contributed by atoms with Crippen LogP contribution >= 0.6 is 0 Å². The summed E-state index contributed by atoms with van der Waals surface area (Å²) >= 11 is -3.56. The van der Waals surface area contributed by atoms with Crippen molar-refractivity contribution in [2.75, 3.05) is 0 Å². The second-order valence-corrected chi connectivity index (χ2v) is 31.5. The van der Waals surface area contributed by atoms with Crippen LogP contribution in [0.4, 0.5) is 0 Å². The molecule has 2 aliphatic rings. The Hall–Kier alpha value is -2.71. The van der Waals surface area contributed by atoms with Crippen molar-refractivity contribution in [3.05, 3.63) is 144 Å². The predicted molar refractivity (Wildman–Crippen MR) is 146 cm³/mol. The molecule has 0 saturated heterocycles. The number of allylic oxidation sites excluding steroid dienone is 2. The first-order chi connectivity index (χ1) is 16.6. The van der Waals surface area contributed by atoms with Crippen molar-refractivity contribution in [2.45, 2.75) is 18.9 Å². The van der Waals surface area contributed by atoms with Crippen molar-refractivity contribution in [3.8, 4) is 0 Å². The zero-order valence-electron chi connectivity index (χ0n) is 19.9. The van der Waals surface area contributed by atoms with Crippen molar-refractivity contribution < 1.29 is 14.0 Å². The van der Waals surface area contributed by atoms with Gasteiger partial charge >= 0.3 is 205 Å². The summed E-state index contributed by atoms with van der Waals surface area (Å²) < 4.78 is 0.978. The van der Waals surface area contributed by atoms with Gasteiger partial charge in [-0.3, -0.25) is 0 Å². The van der Waals surface area contributed by atoms with Gasteiger partial charge < -0.3 is 0 Å². The fourth-order valence-corrected chi connectivity index (χ4v) is 32.3. The second-order valence-electron chi connectivity index (χ2n) is 10.6. The molecule has 0 fully saturated rings. The van der Waals surface area contributed by atoms with E-state index < -0.39 is 20.2 Å². The number of hydrogen-bond acceptors (Lipinski definition) is 0. The average Bonchev–Trinajstić information content (AvgIpc) is 3.51. The van der Waals surface area contributed by atoms with Gasteiger partial charge in [-0.2, -0.15) is 0 Å². The van der Waals surface area contributed by atoms with Crippen LogP contribution in [0.5, 0.6) is 0 Å². The molecule has 4 aromatic carbocycles. The van der Waals surface area contributed by atoms with Crippen molar-refractivity contribution in [1.29, 1.82) is 0 Å². The molecular weight excluding hydrogens is 460 g/mol. The van der Waals surface area contributed by atoms with Gasteiger partial charge in [-0.15, -0.1) is 0 Å². The first-order valence-electron chi connectivity index (χ1n) is 12.3. The standard InChI is InChI=1S/C12H10Si.2C9H7.2CH3.Ti/c1-3-7-11(8-4-1)13-12-9-5-2-6-10-12;2*1-2-5-9-7-3-6-8(9)4-1;;;/h1-10H;2*1-7H;2*1H3;. The summed E-state index contributed by atoms with van der Waals surface area (Å²) in [5.74, 6) is 0. The number of rotatable bonds is 4. The fourth-order valence-electron chi connectivity index (χ4n) is 6.84. The molecule has 0 radical (unpaired) electrons. The molecule has 2 aliphatic carbocycles. The van der Waals surface area contributed by atoms with Crippen LogP contribution in [-0.4, -0.2) is 6.19 Å². The van der Waals surface area contributed by atoms with Crippen LogP contribution in [0.25, 0.3) is 12.2 Å². The molecule has 0 nitrogen and oxygen atoms in total. The third-order valence-corrected chi connectivity index (χ3v) is 32.0. The van der Waals surface area contributed by atoms with Crippen molar-refractivity contribution >= 4 is 28.7 Å². The molecule has 0 N–H and O–H groups in total. The zero-order valence-corrected chi connectivity index (χ0v) is 22.4. The van der Waals surface area contributed by atoms with E-state index in [2.05, 4.69) is 144 Å². The van der Waals surface area contributed by atoms with Gasteiger partial charge in [0.05, 0.1) is 0 Å². The zero-order chi connectivity index (χ0) is 23.2. The Morgan fingerprint density at radius 3 is 1.32 bits per heavy atom. The molecule has 4 aromatic rings. The maximum absolute atomic E-state index is 3.56. The fraction of sp³-hybridized carbons (Fsp3) is 0.125. The summed E-state index contributed by atoms with van der Waals surface area (Å²) in [6.45, 7) is 0. The van der Waals surface area contributed by atoms with E-state index in [1.807, 2.05) is 0 Å². The van der Waals surface area contributed by atoms with Gasteiger partial charge in [0.2, 0.25) is 0 Å². The Bertz CT molecular complexity index is 1390. The van der Waals surface area contributed by atoms with Crippen LogP contribution in [-0.2, 0) is 14.0 Å². The molecule has 0 amide bonds. The molecule has 0 saturated carbocycles. The quantitative estimate of drug-likeness (QED) is 0.267. The minimum absolute atomic E-state index is 0.489. The molecular formula is C32H30SiTi. The Balaban J connectivity index is 1.79. The van der Waals surface area contributed by atoms with E-state index in [1.165, 1.54) is 22.3 Å². The number of hydrogen-bond donors (Lipinski definition) is 0. The molecule has 34 heavy (non-hydrogen) atoms. The maximum atomic E-state index is 2.78. The van der Waals surface area contributed by atoms with Crippen molar-refractivity contribution in [3.63, 3.8) is 0 Å². The number of fused-ring (bicyclic) bond motifs is 2. The van der Waals surface area contributed by atoms with E-state index in [-0.39, 0.29) is 0 Å². The Morgan fingerprint density at radius 2 is 0.882 bits per heavy atom. The Morgan fingerprint density at radius 1 is 0.500 bits per heavy atom. The predicted octanol–water partition coefficient (Wildman–Crippen LogP) is 7.11. The molecule has 0 heterocycles. The molecule has 6 rings (SSSR count). The van der Waals surface area contributed by atoms with Gasteiger partial charge in [-0.1, -0.05) is 0 Å². The van der Waals surface area contributed by atoms with Gasteiger partial charge in [0, 0.05) is 0 Å². The first-order valence-corrected chi connectivity index (χ1v) is 21.1. The van der Waals surface area contributed by atoms with Crippen LogP contribution in [0.2, 0.25) is 10.5 Å². The summed E-state index contributed by atoms with van der Waals surface area (Å²) in [5.41, 5.74) is 5.89. The Kier molecular flexibility index (Phi) is 5.26. The van der Waals surface area contributed by atoms with Crippen LogP contribution < -0.4 is 10.4 Å². The SMILES string of the molecule is [CH3][Ti]([CH3])([CH]1C=Cc2ccccc21)([CH]1C=Cc2ccccc21)=[Si](c1ccccc1)c1ccccc1. The van der Waals surface area contributed by atoms with Crippen LogP contribution in [0.1, 0.15) is 30.7 Å². The van der Waals surface area contributed by atoms with Gasteiger partial charge in [-0.25, -0.2) is 0 Å². The molecule has 166 valence electrons. The average molecular weight is 491 g/mol. The van der Waals surface area contributed by atoms with E-state index in [4.69, 9.17) is 0 Å². The van der Waals surface area contributed by atoms with Gasteiger partial charge in [-0.05, 0) is 0 Å². The van der Waals surface area contributed by atoms with Gasteiger partial charge in [0.1, 0.15) is 0 Å². The summed E-state index contributed by atoms with van der Waals surface area (Å²) in [6, 6.07) is 41.2. The van der Waals surface area contributed by atoms with E-state index in [0.717, 1.165) is 0 Å². The number of benzene rings is 4. The van der Waals surface area contributed by atoms with Gasteiger partial charge in [0.25, 0.3) is 0 Å². The third-order valence-electron chi connectivity index (χ3n) is 8.43. The topological polar surface area (TPSA) is 0 Å². The molecule has 0 aromatic heterocycles. The van der Waals surface area contributed by atoms with E-state index in [0.29, 0.717) is 8.45 Å². The second kappa shape index (κ2) is 8.20.